The number of aryl methyl sites for hydroxylation is 2. The number of halogens is 1. The first-order chi connectivity index (χ1) is 5.68. The van der Waals surface area contributed by atoms with Crippen molar-refractivity contribution in [2.45, 2.75) is 13.8 Å². The van der Waals surface area contributed by atoms with E-state index < -0.39 is 5.95 Å². The summed E-state index contributed by atoms with van der Waals surface area (Å²) in [6.45, 7) is 3.61. The van der Waals surface area contributed by atoms with Gasteiger partial charge in [-0.3, -0.25) is 0 Å². The van der Waals surface area contributed by atoms with Gasteiger partial charge in [0.05, 0.1) is 0 Å². The molecule has 1 N–H and O–H groups in total. The van der Waals surface area contributed by atoms with E-state index in [1.54, 1.807) is 19.1 Å². The van der Waals surface area contributed by atoms with Gasteiger partial charge >= 0.3 is 0 Å². The van der Waals surface area contributed by atoms with Crippen molar-refractivity contribution in [3.8, 4) is 0 Å². The van der Waals surface area contributed by atoms with Crippen LogP contribution in [0.3, 0.4) is 0 Å². The number of H-pyrrole nitrogens is 1. The molecule has 0 aliphatic carbocycles. The maximum atomic E-state index is 12.7. The third kappa shape index (κ3) is 2.70. The SMILES string of the molecule is Cc1ccccc(F)nc(C)[nH]1. The molecule has 2 nitrogen and oxygen atoms in total. The zero-order valence-electron chi connectivity index (χ0n) is 7.13. The van der Waals surface area contributed by atoms with Gasteiger partial charge in [0.2, 0.25) is 5.95 Å². The molecule has 64 valence electrons. The van der Waals surface area contributed by atoms with Crippen LogP contribution in [-0.2, 0) is 0 Å². The highest BCUT2D eigenvalue weighted by Gasteiger charge is 1.85. The van der Waals surface area contributed by atoms with Gasteiger partial charge in [-0.05, 0) is 26.0 Å². The molecule has 0 spiro atoms. The van der Waals surface area contributed by atoms with Gasteiger partial charge in [0.25, 0.3) is 0 Å². The second kappa shape index (κ2) is 3.85. The van der Waals surface area contributed by atoms with E-state index in [2.05, 4.69) is 9.97 Å². The Morgan fingerprint density at radius 1 is 1.25 bits per heavy atom. The summed E-state index contributed by atoms with van der Waals surface area (Å²) in [5.74, 6) is 0.0700. The minimum absolute atomic E-state index is 0.487. The van der Waals surface area contributed by atoms with Crippen molar-refractivity contribution in [1.29, 1.82) is 0 Å². The first-order valence-electron chi connectivity index (χ1n) is 3.71. The van der Waals surface area contributed by atoms with Crippen LogP contribution in [0.2, 0.25) is 0 Å². The zero-order chi connectivity index (χ0) is 8.97. The third-order valence-electron chi connectivity index (χ3n) is 1.34. The smallest absolute Gasteiger partial charge is 0.214 e. The number of hydrogen-bond acceptors (Lipinski definition) is 1. The summed E-state index contributed by atoms with van der Waals surface area (Å²) >= 11 is 0. The molecule has 0 aliphatic rings. The Morgan fingerprint density at radius 3 is 2.67 bits per heavy atom. The highest BCUT2D eigenvalue weighted by atomic mass is 19.1. The van der Waals surface area contributed by atoms with Gasteiger partial charge in [0, 0.05) is 5.69 Å². The van der Waals surface area contributed by atoms with Crippen LogP contribution in [0, 0.1) is 19.8 Å². The molecule has 1 rings (SSSR count). The molecule has 0 aromatic carbocycles. The largest absolute Gasteiger partial charge is 0.348 e. The summed E-state index contributed by atoms with van der Waals surface area (Å²) in [6.07, 6.45) is 0. The summed E-state index contributed by atoms with van der Waals surface area (Å²) in [6, 6.07) is 6.55. The van der Waals surface area contributed by atoms with Gasteiger partial charge in [-0.15, -0.1) is 0 Å². The van der Waals surface area contributed by atoms with Crippen LogP contribution >= 0.6 is 0 Å². The van der Waals surface area contributed by atoms with Crippen molar-refractivity contribution in [3.63, 3.8) is 0 Å². The van der Waals surface area contributed by atoms with Crippen LogP contribution in [-0.4, -0.2) is 9.97 Å². The van der Waals surface area contributed by atoms with Crippen molar-refractivity contribution < 1.29 is 4.39 Å². The summed E-state index contributed by atoms with van der Waals surface area (Å²) in [7, 11) is 0. The van der Waals surface area contributed by atoms with Gasteiger partial charge in [0.1, 0.15) is 5.82 Å². The van der Waals surface area contributed by atoms with Crippen LogP contribution in [0.25, 0.3) is 0 Å². The van der Waals surface area contributed by atoms with E-state index in [9.17, 15) is 4.39 Å². The van der Waals surface area contributed by atoms with Crippen LogP contribution in [0.1, 0.15) is 11.5 Å². The summed E-state index contributed by atoms with van der Waals surface area (Å²) < 4.78 is 12.7. The Labute approximate surface area is 70.8 Å². The Hall–Kier alpha value is -1.38. The molecule has 0 saturated carbocycles. The van der Waals surface area contributed by atoms with Crippen molar-refractivity contribution >= 4 is 0 Å². The fourth-order valence-electron chi connectivity index (χ4n) is 0.887. The number of nitrogens with one attached hydrogen (secondary N) is 1. The average Bonchev–Trinajstić information content (AvgIpc) is 2.01. The summed E-state index contributed by atoms with van der Waals surface area (Å²) in [4.78, 5) is 6.59. The molecular formula is C9H11FN2. The van der Waals surface area contributed by atoms with Gasteiger partial charge in [-0.2, -0.15) is 4.39 Å². The lowest BCUT2D eigenvalue weighted by molar-refractivity contribution is 0.579. The maximum absolute atomic E-state index is 12.7. The molecule has 3 heteroatoms. The molecule has 0 amide bonds. The highest BCUT2D eigenvalue weighted by Crippen LogP contribution is 1.92. The molecule has 0 bridgehead atoms. The fourth-order valence-corrected chi connectivity index (χ4v) is 0.887. The minimum Gasteiger partial charge on any atom is -0.348 e. The van der Waals surface area contributed by atoms with Crippen molar-refractivity contribution in [1.82, 2.24) is 9.97 Å². The predicted octanol–water partition coefficient (Wildman–Crippen LogP) is 2.29. The van der Waals surface area contributed by atoms with Crippen molar-refractivity contribution in [3.05, 3.63) is 41.7 Å². The topological polar surface area (TPSA) is 28.7 Å². The van der Waals surface area contributed by atoms with E-state index in [1.165, 1.54) is 6.07 Å². The normalized spacial score (nSPS) is 9.25. The van der Waals surface area contributed by atoms with Crippen LogP contribution in [0.5, 0.6) is 0 Å². The standard InChI is InChI=1S/C9H11FN2/c1-7-5-3-4-6-9(10)12-8(2)11-7/h3-6H,1-2H3,(H,11,12). The predicted molar refractivity (Wildman–Crippen MR) is 45.6 cm³/mol. The lowest BCUT2D eigenvalue weighted by atomic mass is 10.4. The molecule has 0 radical (unpaired) electrons. The molecule has 0 saturated heterocycles. The van der Waals surface area contributed by atoms with Crippen molar-refractivity contribution in [2.24, 2.45) is 0 Å². The fraction of sp³-hybridized carbons (Fsp3) is 0.222. The lowest BCUT2D eigenvalue weighted by Gasteiger charge is -1.88. The molecule has 1 aromatic heterocycles. The zero-order valence-corrected chi connectivity index (χ0v) is 7.13. The van der Waals surface area contributed by atoms with E-state index in [0.717, 1.165) is 5.69 Å². The quantitative estimate of drug-likeness (QED) is 0.629. The minimum atomic E-state index is -0.487. The van der Waals surface area contributed by atoms with Gasteiger partial charge in [-0.25, -0.2) is 4.98 Å². The Kier molecular flexibility index (Phi) is 2.80. The van der Waals surface area contributed by atoms with E-state index in [1.807, 2.05) is 13.0 Å². The number of nitrogens with zero attached hydrogens (tertiary/aromatic N) is 1. The highest BCUT2D eigenvalue weighted by molar-refractivity contribution is 5.00. The van der Waals surface area contributed by atoms with Gasteiger partial charge < -0.3 is 4.98 Å². The Morgan fingerprint density at radius 2 is 1.92 bits per heavy atom. The van der Waals surface area contributed by atoms with Gasteiger partial charge in [0.15, 0.2) is 0 Å². The number of aromatic amines is 1. The number of rotatable bonds is 0. The third-order valence-corrected chi connectivity index (χ3v) is 1.34. The molecular weight excluding hydrogens is 155 g/mol. The molecule has 1 aromatic rings. The number of hydrogen-bond donors (Lipinski definition) is 1. The Balaban J connectivity index is 3.35. The second-order valence-corrected chi connectivity index (χ2v) is 2.55. The van der Waals surface area contributed by atoms with E-state index in [0.29, 0.717) is 5.82 Å². The molecule has 0 aliphatic heterocycles. The molecule has 1 heterocycles. The monoisotopic (exact) mass is 166 g/mol. The van der Waals surface area contributed by atoms with E-state index in [4.69, 9.17) is 0 Å². The van der Waals surface area contributed by atoms with E-state index >= 15 is 0 Å². The van der Waals surface area contributed by atoms with Crippen LogP contribution < -0.4 is 0 Å². The Bertz CT molecular complexity index is 286. The summed E-state index contributed by atoms with van der Waals surface area (Å²) in [5.41, 5.74) is 0.940. The van der Waals surface area contributed by atoms with Crippen LogP contribution in [0.4, 0.5) is 4.39 Å². The molecule has 0 unspecified atom stereocenters. The van der Waals surface area contributed by atoms with E-state index in [-0.39, 0.29) is 0 Å². The second-order valence-electron chi connectivity index (χ2n) is 2.55. The van der Waals surface area contributed by atoms with Crippen molar-refractivity contribution in [2.75, 3.05) is 0 Å². The first kappa shape index (κ1) is 8.71. The van der Waals surface area contributed by atoms with Crippen LogP contribution in [0.15, 0.2) is 24.3 Å². The molecule has 0 atom stereocenters. The molecule has 0 fully saturated rings. The summed E-state index contributed by atoms with van der Waals surface area (Å²) in [5, 5.41) is 0. The van der Waals surface area contributed by atoms with Gasteiger partial charge in [-0.1, -0.05) is 12.1 Å². The first-order valence-corrected chi connectivity index (χ1v) is 3.71. The molecule has 12 heavy (non-hydrogen) atoms. The lowest BCUT2D eigenvalue weighted by Crippen LogP contribution is -1.85. The average molecular weight is 166 g/mol. The number of aromatic nitrogens is 2. The maximum Gasteiger partial charge on any atom is 0.214 e.